The van der Waals surface area contributed by atoms with Gasteiger partial charge in [0.2, 0.25) is 0 Å². The summed E-state index contributed by atoms with van der Waals surface area (Å²) >= 11 is 0. The number of aromatic hydroxyl groups is 1. The number of furan rings is 1. The summed E-state index contributed by atoms with van der Waals surface area (Å²) in [5.41, 5.74) is 3.51. The number of nitrogens with one attached hydrogen (secondary N) is 1. The van der Waals surface area contributed by atoms with Crippen LogP contribution in [0.4, 0.5) is 5.69 Å². The summed E-state index contributed by atoms with van der Waals surface area (Å²) in [5.74, 6) is 0.156. The first-order valence-electron chi connectivity index (χ1n) is 8.03. The summed E-state index contributed by atoms with van der Waals surface area (Å²) in [6.07, 6.45) is 1.39. The second kappa shape index (κ2) is 8.04. The van der Waals surface area contributed by atoms with Crippen LogP contribution in [0.25, 0.3) is 11.3 Å². The Hall–Kier alpha value is -4.14. The van der Waals surface area contributed by atoms with Gasteiger partial charge in [0.25, 0.3) is 5.69 Å². The van der Waals surface area contributed by atoms with E-state index >= 15 is 0 Å². The fourth-order valence-electron chi connectivity index (χ4n) is 2.36. The molecule has 3 aromatic rings. The quantitative estimate of drug-likeness (QED) is 0.383. The molecule has 9 nitrogen and oxygen atoms in total. The Bertz CT molecular complexity index is 1040. The van der Waals surface area contributed by atoms with E-state index in [9.17, 15) is 20.0 Å². The van der Waals surface area contributed by atoms with Gasteiger partial charge in [0.15, 0.2) is 17.3 Å². The molecule has 0 radical (unpaired) electrons. The number of carbonyl (C=O) groups excluding carboxylic acids is 1. The van der Waals surface area contributed by atoms with Crippen molar-refractivity contribution in [3.05, 3.63) is 76.0 Å². The molecule has 142 valence electrons. The van der Waals surface area contributed by atoms with Crippen molar-refractivity contribution in [2.24, 2.45) is 5.10 Å². The normalized spacial score (nSPS) is 10.8. The number of carbonyl (C=O) groups is 1. The molecule has 1 amide bonds. The smallest absolute Gasteiger partial charge is 0.307 e. The molecule has 0 aliphatic carbocycles. The van der Waals surface area contributed by atoms with Crippen LogP contribution in [-0.2, 0) is 0 Å². The van der Waals surface area contributed by atoms with Gasteiger partial charge in [0.1, 0.15) is 5.76 Å². The first-order chi connectivity index (χ1) is 13.5. The van der Waals surface area contributed by atoms with Gasteiger partial charge in [-0.25, -0.2) is 5.43 Å². The lowest BCUT2D eigenvalue weighted by Crippen LogP contribution is -2.16. The molecule has 0 fully saturated rings. The number of nitrogens with zero attached hydrogens (tertiary/aromatic N) is 2. The van der Waals surface area contributed by atoms with Crippen LogP contribution in [0.15, 0.2) is 64.1 Å². The van der Waals surface area contributed by atoms with Crippen LogP contribution in [-0.4, -0.2) is 29.3 Å². The molecule has 0 spiro atoms. The largest absolute Gasteiger partial charge is 0.504 e. The van der Waals surface area contributed by atoms with Crippen molar-refractivity contribution in [2.45, 2.75) is 0 Å². The second-order valence-corrected chi connectivity index (χ2v) is 5.60. The predicted molar refractivity (Wildman–Crippen MR) is 101 cm³/mol. The lowest BCUT2D eigenvalue weighted by Gasteiger charge is -2.03. The number of non-ortho nitro benzene ring substituents is 1. The summed E-state index contributed by atoms with van der Waals surface area (Å²) < 4.78 is 10.5. The minimum absolute atomic E-state index is 0.00181. The van der Waals surface area contributed by atoms with Crippen LogP contribution in [0.3, 0.4) is 0 Å². The van der Waals surface area contributed by atoms with E-state index < -0.39 is 10.8 Å². The molecule has 28 heavy (non-hydrogen) atoms. The van der Waals surface area contributed by atoms with E-state index in [1.807, 2.05) is 0 Å². The highest BCUT2D eigenvalue weighted by atomic mass is 16.6. The molecule has 0 saturated carbocycles. The molecule has 3 rings (SSSR count). The van der Waals surface area contributed by atoms with E-state index in [1.165, 1.54) is 49.7 Å². The minimum atomic E-state index is -0.560. The zero-order valence-corrected chi connectivity index (χ0v) is 14.7. The maximum absolute atomic E-state index is 12.1. The number of nitro groups is 1. The summed E-state index contributed by atoms with van der Waals surface area (Å²) in [6.45, 7) is 0. The molecule has 1 aromatic heterocycles. The van der Waals surface area contributed by atoms with Gasteiger partial charge >= 0.3 is 5.91 Å². The van der Waals surface area contributed by atoms with Crippen molar-refractivity contribution in [2.75, 3.05) is 7.11 Å². The molecule has 1 heterocycles. The molecular formula is C19H15N3O6. The molecule has 2 aromatic carbocycles. The van der Waals surface area contributed by atoms with Crippen LogP contribution in [0.1, 0.15) is 16.1 Å². The van der Waals surface area contributed by atoms with E-state index in [0.717, 1.165) is 0 Å². The molecular weight excluding hydrogens is 366 g/mol. The first-order valence-corrected chi connectivity index (χ1v) is 8.03. The number of phenols is 1. The average Bonchev–Trinajstić information content (AvgIpc) is 3.19. The maximum atomic E-state index is 12.1. The standard InChI is InChI=1S/C19H15N3O6/c1-27-18-10-12(2-7-15(18)23)11-20-21-19(24)17-9-8-16(28-17)13-3-5-14(6-4-13)22(25)26/h2-11,23H,1H3,(H,21,24)/b20-11+. The molecule has 2 N–H and O–H groups in total. The van der Waals surface area contributed by atoms with Crippen LogP contribution < -0.4 is 10.2 Å². The maximum Gasteiger partial charge on any atom is 0.307 e. The fraction of sp³-hybridized carbons (Fsp3) is 0.0526. The number of hydrazone groups is 1. The summed E-state index contributed by atoms with van der Waals surface area (Å²) in [7, 11) is 1.43. The Labute approximate surface area is 159 Å². The minimum Gasteiger partial charge on any atom is -0.504 e. The van der Waals surface area contributed by atoms with Gasteiger partial charge in [-0.1, -0.05) is 0 Å². The third-order valence-electron chi connectivity index (χ3n) is 3.78. The monoisotopic (exact) mass is 381 g/mol. The highest BCUT2D eigenvalue weighted by molar-refractivity contribution is 5.93. The zero-order valence-electron chi connectivity index (χ0n) is 14.7. The van der Waals surface area contributed by atoms with Crippen molar-refractivity contribution >= 4 is 17.8 Å². The Morgan fingerprint density at radius 2 is 1.96 bits per heavy atom. The molecule has 0 atom stereocenters. The number of rotatable bonds is 6. The van der Waals surface area contributed by atoms with E-state index in [4.69, 9.17) is 9.15 Å². The number of hydrogen-bond donors (Lipinski definition) is 2. The average molecular weight is 381 g/mol. The molecule has 9 heteroatoms. The van der Waals surface area contributed by atoms with Crippen molar-refractivity contribution in [1.82, 2.24) is 5.43 Å². The second-order valence-electron chi connectivity index (χ2n) is 5.60. The SMILES string of the molecule is COc1cc(/C=N/NC(=O)c2ccc(-c3ccc([N+](=O)[O-])cc3)o2)ccc1O. The van der Waals surface area contributed by atoms with Gasteiger partial charge in [-0.05, 0) is 48.0 Å². The molecule has 0 saturated heterocycles. The van der Waals surface area contributed by atoms with Crippen molar-refractivity contribution < 1.29 is 24.0 Å². The van der Waals surface area contributed by atoms with Crippen molar-refractivity contribution in [3.8, 4) is 22.8 Å². The van der Waals surface area contributed by atoms with Gasteiger partial charge in [0, 0.05) is 17.7 Å². The Balaban J connectivity index is 1.66. The topological polar surface area (TPSA) is 127 Å². The van der Waals surface area contributed by atoms with E-state index in [-0.39, 0.29) is 22.9 Å². The van der Waals surface area contributed by atoms with E-state index in [0.29, 0.717) is 16.9 Å². The molecule has 0 unspecified atom stereocenters. The molecule has 0 bridgehead atoms. The number of phenolic OH excluding ortho intramolecular Hbond substituents is 1. The molecule has 0 aliphatic rings. The van der Waals surface area contributed by atoms with Gasteiger partial charge in [-0.3, -0.25) is 14.9 Å². The number of amides is 1. The number of ether oxygens (including phenoxy) is 1. The van der Waals surface area contributed by atoms with Crippen molar-refractivity contribution in [3.63, 3.8) is 0 Å². The number of nitro benzene ring substituents is 1. The van der Waals surface area contributed by atoms with Crippen LogP contribution in [0.5, 0.6) is 11.5 Å². The van der Waals surface area contributed by atoms with E-state index in [2.05, 4.69) is 10.5 Å². The van der Waals surface area contributed by atoms with Crippen LogP contribution in [0, 0.1) is 10.1 Å². The number of benzene rings is 2. The lowest BCUT2D eigenvalue weighted by molar-refractivity contribution is -0.384. The van der Waals surface area contributed by atoms with Gasteiger partial charge in [-0.15, -0.1) is 0 Å². The Morgan fingerprint density at radius 3 is 2.64 bits per heavy atom. The first kappa shape index (κ1) is 18.6. The van der Waals surface area contributed by atoms with Crippen LogP contribution >= 0.6 is 0 Å². The fourth-order valence-corrected chi connectivity index (χ4v) is 2.36. The summed E-state index contributed by atoms with van der Waals surface area (Å²) in [6, 6.07) is 13.5. The zero-order chi connectivity index (χ0) is 20.1. The number of hydrogen-bond acceptors (Lipinski definition) is 7. The summed E-state index contributed by atoms with van der Waals surface area (Å²) in [5, 5.41) is 24.1. The highest BCUT2D eigenvalue weighted by Crippen LogP contribution is 2.26. The lowest BCUT2D eigenvalue weighted by atomic mass is 10.1. The van der Waals surface area contributed by atoms with Gasteiger partial charge in [0.05, 0.1) is 18.2 Å². The summed E-state index contributed by atoms with van der Waals surface area (Å²) in [4.78, 5) is 22.3. The van der Waals surface area contributed by atoms with Crippen molar-refractivity contribution in [1.29, 1.82) is 0 Å². The molecule has 0 aliphatic heterocycles. The predicted octanol–water partition coefficient (Wildman–Crippen LogP) is 3.33. The van der Waals surface area contributed by atoms with E-state index in [1.54, 1.807) is 18.2 Å². The highest BCUT2D eigenvalue weighted by Gasteiger charge is 2.13. The van der Waals surface area contributed by atoms with Gasteiger partial charge < -0.3 is 14.3 Å². The third kappa shape index (κ3) is 4.15. The van der Waals surface area contributed by atoms with Gasteiger partial charge in [-0.2, -0.15) is 5.10 Å². The number of methoxy groups -OCH3 is 1. The third-order valence-corrected chi connectivity index (χ3v) is 3.78. The Morgan fingerprint density at radius 1 is 1.21 bits per heavy atom. The Kier molecular flexibility index (Phi) is 5.35. The van der Waals surface area contributed by atoms with Crippen LogP contribution in [0.2, 0.25) is 0 Å².